The molecule has 37 heavy (non-hydrogen) atoms. The van der Waals surface area contributed by atoms with E-state index in [1.54, 1.807) is 18.6 Å². The molecule has 0 spiro atoms. The summed E-state index contributed by atoms with van der Waals surface area (Å²) in [5.41, 5.74) is 7.16. The van der Waals surface area contributed by atoms with Crippen LogP contribution in [0.5, 0.6) is 0 Å². The van der Waals surface area contributed by atoms with Crippen molar-refractivity contribution >= 4 is 34.1 Å². The van der Waals surface area contributed by atoms with Gasteiger partial charge in [-0.2, -0.15) is 10.2 Å². The molecule has 0 amide bonds. The Morgan fingerprint density at radius 2 is 1.89 bits per heavy atom. The Hall–Kier alpha value is -4.37. The van der Waals surface area contributed by atoms with Crippen molar-refractivity contribution in [1.29, 1.82) is 0 Å². The number of nitrogens with one attached hydrogen (secondary N) is 2. The van der Waals surface area contributed by atoms with Crippen LogP contribution in [0.15, 0.2) is 73.3 Å². The number of aryl methyl sites for hydroxylation is 1. The first-order valence-corrected chi connectivity index (χ1v) is 12.3. The molecule has 6 rings (SSSR count). The third kappa shape index (κ3) is 5.26. The zero-order valence-electron chi connectivity index (χ0n) is 20.6. The van der Waals surface area contributed by atoms with Crippen LogP contribution in [0.25, 0.3) is 33.1 Å². The lowest BCUT2D eigenvalue weighted by Crippen LogP contribution is -2.33. The van der Waals surface area contributed by atoms with Gasteiger partial charge in [-0.15, -0.1) is 0 Å². The Kier molecular flexibility index (Phi) is 7.32. The van der Waals surface area contributed by atoms with Gasteiger partial charge in [-0.1, -0.05) is 12.1 Å². The van der Waals surface area contributed by atoms with E-state index in [0.717, 1.165) is 59.5 Å². The molecule has 4 heterocycles. The summed E-state index contributed by atoms with van der Waals surface area (Å²) in [7, 11) is 2.08. The summed E-state index contributed by atoms with van der Waals surface area (Å²) in [6.45, 7) is 1.79. The van der Waals surface area contributed by atoms with Crippen LogP contribution in [0, 0.1) is 5.92 Å². The highest BCUT2D eigenvalue weighted by molar-refractivity contribution is 5.97. The average molecular weight is 496 g/mol. The number of aromatic nitrogens is 5. The van der Waals surface area contributed by atoms with Crippen LogP contribution < -0.4 is 10.6 Å². The molecule has 1 aliphatic rings. The molecule has 9 nitrogen and oxygen atoms in total. The predicted molar refractivity (Wildman–Crippen MR) is 144 cm³/mol. The Morgan fingerprint density at radius 1 is 1.08 bits per heavy atom. The number of carbonyl (C=O) groups is 1. The maximum absolute atomic E-state index is 8.36. The first-order valence-electron chi connectivity index (χ1n) is 12.3. The van der Waals surface area contributed by atoms with E-state index in [-0.39, 0.29) is 12.5 Å². The highest BCUT2D eigenvalue weighted by Gasteiger charge is 2.26. The van der Waals surface area contributed by atoms with E-state index in [2.05, 4.69) is 91.1 Å². The molecule has 1 aliphatic heterocycles. The minimum Gasteiger partial charge on any atom is -0.483 e. The van der Waals surface area contributed by atoms with Gasteiger partial charge >= 0.3 is 0 Å². The number of hydrogen-bond acceptors (Lipinski definition) is 7. The van der Waals surface area contributed by atoms with Gasteiger partial charge in [0.05, 0.1) is 22.8 Å². The van der Waals surface area contributed by atoms with Gasteiger partial charge in [0.2, 0.25) is 0 Å². The fourth-order valence-electron chi connectivity index (χ4n) is 5.08. The highest BCUT2D eigenvalue weighted by Crippen LogP contribution is 2.36. The molecule has 9 heteroatoms. The van der Waals surface area contributed by atoms with Gasteiger partial charge in [-0.05, 0) is 79.2 Å². The summed E-state index contributed by atoms with van der Waals surface area (Å²) in [5, 5.41) is 24.0. The van der Waals surface area contributed by atoms with Crippen LogP contribution in [-0.4, -0.2) is 49.4 Å². The molecule has 0 bridgehead atoms. The zero-order valence-corrected chi connectivity index (χ0v) is 20.6. The van der Waals surface area contributed by atoms with Crippen LogP contribution in [0.4, 0.5) is 5.69 Å². The molecule has 1 unspecified atom stereocenters. The van der Waals surface area contributed by atoms with Crippen molar-refractivity contribution in [2.45, 2.75) is 18.9 Å². The highest BCUT2D eigenvalue weighted by atomic mass is 16.3. The van der Waals surface area contributed by atoms with Crippen LogP contribution in [-0.2, 0) is 11.8 Å². The molecule has 3 aromatic heterocycles. The number of anilines is 1. The van der Waals surface area contributed by atoms with Crippen LogP contribution >= 0.6 is 0 Å². The van der Waals surface area contributed by atoms with E-state index in [9.17, 15) is 0 Å². The Balaban J connectivity index is 0.000000892. The zero-order chi connectivity index (χ0) is 25.6. The summed E-state index contributed by atoms with van der Waals surface area (Å²) in [6.07, 6.45) is 9.53. The van der Waals surface area contributed by atoms with Crippen molar-refractivity contribution in [2.75, 3.05) is 18.4 Å². The standard InChI is InChI=1S/C27H27N7.CH2O2/c1-34-14-8-18-4-5-20(15-25(18)34)22-16-21(17-24-27(22)30-13-12-29-24)32-26(19-6-10-28-11-7-19)23-3-2-9-31-33-23;2-1-3/h2-5,8-9,12-17,19,26,28,32H,6-7,10-11H2,1H3;1H,(H,2,3). The summed E-state index contributed by atoms with van der Waals surface area (Å²) in [4.78, 5) is 17.7. The van der Waals surface area contributed by atoms with Crippen molar-refractivity contribution in [3.63, 3.8) is 0 Å². The Morgan fingerprint density at radius 3 is 2.68 bits per heavy atom. The van der Waals surface area contributed by atoms with Crippen molar-refractivity contribution in [1.82, 2.24) is 30.0 Å². The second-order valence-electron chi connectivity index (χ2n) is 9.11. The summed E-state index contributed by atoms with van der Waals surface area (Å²) in [6, 6.07) is 17.1. The average Bonchev–Trinajstić information content (AvgIpc) is 3.32. The normalized spacial score (nSPS) is 14.6. The van der Waals surface area contributed by atoms with Gasteiger partial charge < -0.3 is 20.3 Å². The molecular formula is C28H29N7O2. The lowest BCUT2D eigenvalue weighted by molar-refractivity contribution is -0.122. The number of piperidine rings is 1. The summed E-state index contributed by atoms with van der Waals surface area (Å²) < 4.78 is 2.15. The maximum atomic E-state index is 8.36. The second kappa shape index (κ2) is 11.1. The van der Waals surface area contributed by atoms with Crippen molar-refractivity contribution in [2.24, 2.45) is 13.0 Å². The molecule has 1 atom stereocenters. The second-order valence-corrected chi connectivity index (χ2v) is 9.11. The first kappa shape index (κ1) is 24.3. The number of hydrogen-bond donors (Lipinski definition) is 3. The van der Waals surface area contributed by atoms with Gasteiger partial charge in [0.15, 0.2) is 0 Å². The van der Waals surface area contributed by atoms with Gasteiger partial charge in [-0.3, -0.25) is 14.8 Å². The van der Waals surface area contributed by atoms with Crippen molar-refractivity contribution < 1.29 is 9.90 Å². The SMILES string of the molecule is Cn1ccc2ccc(-c3cc(NC(c4cccnn4)C4CCNCC4)cc4nccnc34)cc21.O=CO. The summed E-state index contributed by atoms with van der Waals surface area (Å²) >= 11 is 0. The topological polar surface area (TPSA) is 118 Å². The van der Waals surface area contributed by atoms with E-state index in [1.807, 2.05) is 6.07 Å². The number of carboxylic acid groups (broad SMARTS) is 1. The monoisotopic (exact) mass is 495 g/mol. The smallest absolute Gasteiger partial charge is 0.290 e. The first-order chi connectivity index (χ1) is 18.2. The molecule has 0 radical (unpaired) electrons. The van der Waals surface area contributed by atoms with Gasteiger partial charge in [0, 0.05) is 48.6 Å². The van der Waals surface area contributed by atoms with E-state index >= 15 is 0 Å². The molecular weight excluding hydrogens is 466 g/mol. The van der Waals surface area contributed by atoms with Crippen molar-refractivity contribution in [3.05, 3.63) is 79.0 Å². The Labute approximate surface area is 214 Å². The molecule has 1 fully saturated rings. The van der Waals surface area contributed by atoms with E-state index < -0.39 is 0 Å². The summed E-state index contributed by atoms with van der Waals surface area (Å²) in [5.74, 6) is 0.471. The Bertz CT molecular complexity index is 1500. The van der Waals surface area contributed by atoms with Gasteiger partial charge in [0.1, 0.15) is 0 Å². The van der Waals surface area contributed by atoms with Crippen LogP contribution in [0.3, 0.4) is 0 Å². The van der Waals surface area contributed by atoms with E-state index in [0.29, 0.717) is 5.92 Å². The number of fused-ring (bicyclic) bond motifs is 2. The quantitative estimate of drug-likeness (QED) is 0.307. The van der Waals surface area contributed by atoms with Crippen LogP contribution in [0.1, 0.15) is 24.6 Å². The van der Waals surface area contributed by atoms with Gasteiger partial charge in [0.25, 0.3) is 6.47 Å². The minimum atomic E-state index is -0.250. The number of nitrogens with zero attached hydrogens (tertiary/aromatic N) is 5. The minimum absolute atomic E-state index is 0.0770. The lowest BCUT2D eigenvalue weighted by Gasteiger charge is -2.31. The predicted octanol–water partition coefficient (Wildman–Crippen LogP) is 4.43. The molecule has 1 saturated heterocycles. The van der Waals surface area contributed by atoms with E-state index in [1.165, 1.54) is 10.9 Å². The van der Waals surface area contributed by atoms with Gasteiger partial charge in [-0.25, -0.2) is 0 Å². The maximum Gasteiger partial charge on any atom is 0.290 e. The third-order valence-corrected chi connectivity index (χ3v) is 6.86. The fraction of sp³-hybridized carbons (Fsp3) is 0.250. The number of rotatable bonds is 5. The largest absolute Gasteiger partial charge is 0.483 e. The van der Waals surface area contributed by atoms with E-state index in [4.69, 9.17) is 9.90 Å². The van der Waals surface area contributed by atoms with Crippen molar-refractivity contribution in [3.8, 4) is 11.1 Å². The molecule has 3 N–H and O–H groups in total. The molecule has 188 valence electrons. The number of benzene rings is 2. The fourth-order valence-corrected chi connectivity index (χ4v) is 5.08. The third-order valence-electron chi connectivity index (χ3n) is 6.86. The molecule has 2 aromatic carbocycles. The van der Waals surface area contributed by atoms with Crippen LogP contribution in [0.2, 0.25) is 0 Å². The molecule has 5 aromatic rings. The lowest BCUT2D eigenvalue weighted by atomic mass is 9.88. The molecule has 0 aliphatic carbocycles. The molecule has 0 saturated carbocycles.